The van der Waals surface area contributed by atoms with E-state index in [9.17, 15) is 8.42 Å². The van der Waals surface area contributed by atoms with Crippen LogP contribution in [0.4, 0.5) is 5.69 Å². The van der Waals surface area contributed by atoms with Gasteiger partial charge in [0.05, 0.1) is 4.90 Å². The Labute approximate surface area is 114 Å². The number of anilines is 1. The van der Waals surface area contributed by atoms with Gasteiger partial charge in [-0.2, -0.15) is 0 Å². The van der Waals surface area contributed by atoms with Crippen molar-refractivity contribution in [2.24, 2.45) is 22.7 Å². The minimum absolute atomic E-state index is 0.150. The molecule has 0 aliphatic carbocycles. The molecule has 0 aromatic heterocycles. The smallest absolute Gasteiger partial charge is 0.238 e. The fourth-order valence-corrected chi connectivity index (χ4v) is 3.05. The van der Waals surface area contributed by atoms with Gasteiger partial charge in [0, 0.05) is 18.8 Å². The van der Waals surface area contributed by atoms with Gasteiger partial charge < -0.3 is 10.6 Å². The van der Waals surface area contributed by atoms with E-state index in [2.05, 4.69) is 11.8 Å². The van der Waals surface area contributed by atoms with Gasteiger partial charge in [-0.15, -0.1) is 0 Å². The molecule has 1 heterocycles. The zero-order chi connectivity index (χ0) is 14.0. The van der Waals surface area contributed by atoms with Crippen molar-refractivity contribution in [2.45, 2.75) is 18.2 Å². The van der Waals surface area contributed by atoms with Crippen LogP contribution in [-0.2, 0) is 10.0 Å². The molecule has 5 nitrogen and oxygen atoms in total. The molecule has 6 heteroatoms. The van der Waals surface area contributed by atoms with Gasteiger partial charge in [-0.1, -0.05) is 6.92 Å². The van der Waals surface area contributed by atoms with Crippen LogP contribution in [0.3, 0.4) is 0 Å². The predicted octanol–water partition coefficient (Wildman–Crippen LogP) is 0.755. The zero-order valence-corrected chi connectivity index (χ0v) is 11.9. The van der Waals surface area contributed by atoms with Gasteiger partial charge >= 0.3 is 0 Å². The van der Waals surface area contributed by atoms with Crippen LogP contribution < -0.4 is 15.8 Å². The van der Waals surface area contributed by atoms with Crippen LogP contribution >= 0.6 is 0 Å². The molecule has 0 amide bonds. The van der Waals surface area contributed by atoms with Crippen molar-refractivity contribution >= 4 is 15.7 Å². The molecule has 1 aliphatic rings. The number of piperidine rings is 1. The minimum Gasteiger partial charge on any atom is -0.371 e. The molecule has 0 radical (unpaired) electrons. The van der Waals surface area contributed by atoms with Crippen molar-refractivity contribution < 1.29 is 8.42 Å². The summed E-state index contributed by atoms with van der Waals surface area (Å²) in [4.78, 5) is 2.40. The van der Waals surface area contributed by atoms with Gasteiger partial charge in [-0.3, -0.25) is 0 Å². The first-order valence-corrected chi connectivity index (χ1v) is 8.04. The van der Waals surface area contributed by atoms with E-state index in [1.54, 1.807) is 12.1 Å². The first kappa shape index (κ1) is 14.3. The number of hydrogen-bond donors (Lipinski definition) is 2. The molecule has 2 atom stereocenters. The highest BCUT2D eigenvalue weighted by Gasteiger charge is 2.25. The van der Waals surface area contributed by atoms with Crippen LogP contribution in [0, 0.1) is 11.8 Å². The lowest BCUT2D eigenvalue weighted by Gasteiger charge is -2.38. The molecule has 106 valence electrons. The summed E-state index contributed by atoms with van der Waals surface area (Å²) in [6.45, 7) is 4.82. The van der Waals surface area contributed by atoms with Crippen LogP contribution in [0.1, 0.15) is 13.3 Å². The average molecular weight is 283 g/mol. The largest absolute Gasteiger partial charge is 0.371 e. The molecule has 1 aliphatic heterocycles. The topological polar surface area (TPSA) is 89.4 Å². The van der Waals surface area contributed by atoms with Crippen LogP contribution in [0.2, 0.25) is 0 Å². The van der Waals surface area contributed by atoms with Gasteiger partial charge in [0.2, 0.25) is 10.0 Å². The third-order valence-corrected chi connectivity index (χ3v) is 4.88. The van der Waals surface area contributed by atoms with Crippen molar-refractivity contribution in [3.63, 3.8) is 0 Å². The van der Waals surface area contributed by atoms with Crippen LogP contribution in [-0.4, -0.2) is 28.1 Å². The average Bonchev–Trinajstić information content (AvgIpc) is 2.38. The van der Waals surface area contributed by atoms with Crippen LogP contribution in [0.25, 0.3) is 0 Å². The monoisotopic (exact) mass is 283 g/mol. The van der Waals surface area contributed by atoms with Crippen molar-refractivity contribution in [3.05, 3.63) is 24.3 Å². The molecule has 1 fully saturated rings. The summed E-state index contributed by atoms with van der Waals surface area (Å²) in [6, 6.07) is 6.73. The second kappa shape index (κ2) is 5.48. The Hall–Kier alpha value is -1.11. The number of nitrogens with zero attached hydrogens (tertiary/aromatic N) is 1. The second-order valence-electron chi connectivity index (χ2n) is 5.25. The summed E-state index contributed by atoms with van der Waals surface area (Å²) >= 11 is 0. The molecule has 0 bridgehead atoms. The van der Waals surface area contributed by atoms with Crippen molar-refractivity contribution in [1.29, 1.82) is 0 Å². The highest BCUT2D eigenvalue weighted by atomic mass is 32.2. The Bertz CT molecular complexity index is 527. The first-order valence-electron chi connectivity index (χ1n) is 6.49. The van der Waals surface area contributed by atoms with E-state index in [1.807, 2.05) is 12.1 Å². The van der Waals surface area contributed by atoms with E-state index in [-0.39, 0.29) is 4.90 Å². The molecule has 2 unspecified atom stereocenters. The number of primary sulfonamides is 1. The Morgan fingerprint density at radius 3 is 2.47 bits per heavy atom. The highest BCUT2D eigenvalue weighted by molar-refractivity contribution is 7.89. The van der Waals surface area contributed by atoms with Crippen molar-refractivity contribution in [3.8, 4) is 0 Å². The van der Waals surface area contributed by atoms with Gasteiger partial charge in [-0.05, 0) is 49.1 Å². The molecule has 1 saturated heterocycles. The SMILES string of the molecule is CC1CCN(c2ccc(S(N)(=O)=O)cc2)CC1CN. The van der Waals surface area contributed by atoms with Crippen molar-refractivity contribution in [1.82, 2.24) is 0 Å². The fraction of sp³-hybridized carbons (Fsp3) is 0.538. The molecule has 2 rings (SSSR count). The summed E-state index contributed by atoms with van der Waals surface area (Å²) in [6.07, 6.45) is 1.11. The number of hydrogen-bond acceptors (Lipinski definition) is 4. The van der Waals surface area contributed by atoms with E-state index >= 15 is 0 Å². The third-order valence-electron chi connectivity index (χ3n) is 3.95. The number of sulfonamides is 1. The van der Waals surface area contributed by atoms with Crippen LogP contribution in [0.15, 0.2) is 29.2 Å². The Balaban J connectivity index is 2.15. The van der Waals surface area contributed by atoms with Gasteiger partial charge in [0.1, 0.15) is 0 Å². The Morgan fingerprint density at radius 1 is 1.32 bits per heavy atom. The van der Waals surface area contributed by atoms with Crippen LogP contribution in [0.5, 0.6) is 0 Å². The fourth-order valence-electron chi connectivity index (χ4n) is 2.54. The molecule has 1 aromatic carbocycles. The third kappa shape index (κ3) is 3.26. The summed E-state index contributed by atoms with van der Waals surface area (Å²) in [5, 5.41) is 5.09. The van der Waals surface area contributed by atoms with E-state index in [0.29, 0.717) is 18.4 Å². The summed E-state index contributed by atoms with van der Waals surface area (Å²) in [5.41, 5.74) is 6.82. The van der Waals surface area contributed by atoms with E-state index in [0.717, 1.165) is 25.2 Å². The molecule has 0 saturated carbocycles. The Kier molecular flexibility index (Phi) is 4.13. The maximum atomic E-state index is 11.2. The number of nitrogens with two attached hydrogens (primary N) is 2. The van der Waals surface area contributed by atoms with E-state index < -0.39 is 10.0 Å². The standard InChI is InChI=1S/C13H21N3O2S/c1-10-6-7-16(9-11(10)8-14)12-2-4-13(5-3-12)19(15,17)18/h2-5,10-11H,6-9,14H2,1H3,(H2,15,17,18). The van der Waals surface area contributed by atoms with Gasteiger partial charge in [-0.25, -0.2) is 13.6 Å². The first-order chi connectivity index (χ1) is 8.91. The normalized spacial score (nSPS) is 24.5. The molecular formula is C13H21N3O2S. The minimum atomic E-state index is -3.61. The summed E-state index contributed by atoms with van der Waals surface area (Å²) < 4.78 is 22.4. The Morgan fingerprint density at radius 2 is 1.95 bits per heavy atom. The number of rotatable bonds is 3. The highest BCUT2D eigenvalue weighted by Crippen LogP contribution is 2.27. The lowest BCUT2D eigenvalue weighted by Crippen LogP contribution is -2.42. The quantitative estimate of drug-likeness (QED) is 0.857. The summed E-state index contributed by atoms with van der Waals surface area (Å²) in [5.74, 6) is 1.14. The van der Waals surface area contributed by atoms with Crippen molar-refractivity contribution in [2.75, 3.05) is 24.5 Å². The molecule has 4 N–H and O–H groups in total. The maximum absolute atomic E-state index is 11.2. The van der Waals surface area contributed by atoms with E-state index in [4.69, 9.17) is 10.9 Å². The van der Waals surface area contributed by atoms with Gasteiger partial charge in [0.25, 0.3) is 0 Å². The lowest BCUT2D eigenvalue weighted by molar-refractivity contribution is 0.308. The number of benzene rings is 1. The van der Waals surface area contributed by atoms with Gasteiger partial charge in [0.15, 0.2) is 0 Å². The molecular weight excluding hydrogens is 262 g/mol. The zero-order valence-electron chi connectivity index (χ0n) is 11.1. The molecule has 19 heavy (non-hydrogen) atoms. The lowest BCUT2D eigenvalue weighted by atomic mass is 9.87. The molecule has 0 spiro atoms. The van der Waals surface area contributed by atoms with E-state index in [1.165, 1.54) is 0 Å². The maximum Gasteiger partial charge on any atom is 0.238 e. The second-order valence-corrected chi connectivity index (χ2v) is 6.81. The summed E-state index contributed by atoms with van der Waals surface area (Å²) in [7, 11) is -3.61. The molecule has 1 aromatic rings. The predicted molar refractivity (Wildman–Crippen MR) is 76.4 cm³/mol.